The molecule has 2 heterocycles. The Kier molecular flexibility index (Phi) is 8.51. The van der Waals surface area contributed by atoms with Crippen molar-refractivity contribution in [3.05, 3.63) is 99.0 Å². The number of benzene rings is 3. The number of hydrogen-bond acceptors (Lipinski definition) is 6. The van der Waals surface area contributed by atoms with Crippen molar-refractivity contribution in [1.29, 1.82) is 5.26 Å². The minimum absolute atomic E-state index is 0.0206. The Labute approximate surface area is 264 Å². The largest absolute Gasteiger partial charge is 0.465 e. The summed E-state index contributed by atoms with van der Waals surface area (Å²) >= 11 is 12.4. The third kappa shape index (κ3) is 5.04. The van der Waals surface area contributed by atoms with Crippen LogP contribution in [0, 0.1) is 28.4 Å². The summed E-state index contributed by atoms with van der Waals surface area (Å²) in [5.74, 6) is -3.91. The zero-order chi connectivity index (χ0) is 32.1. The van der Waals surface area contributed by atoms with Crippen molar-refractivity contribution in [2.75, 3.05) is 18.6 Å². The number of nitrogens with zero attached hydrogens (tertiary/aromatic N) is 3. The van der Waals surface area contributed by atoms with Gasteiger partial charge in [0.25, 0.3) is 0 Å². The van der Waals surface area contributed by atoms with E-state index in [0.717, 1.165) is 6.07 Å². The lowest BCUT2D eigenvalue weighted by Crippen LogP contribution is -2.53. The van der Waals surface area contributed by atoms with Gasteiger partial charge in [-0.25, -0.2) is 13.6 Å². The lowest BCUT2D eigenvalue weighted by atomic mass is 9.62. The van der Waals surface area contributed by atoms with Gasteiger partial charge in [-0.2, -0.15) is 5.26 Å². The van der Waals surface area contributed by atoms with E-state index >= 15 is 8.78 Å². The second kappa shape index (κ2) is 11.8. The highest BCUT2D eigenvalue weighted by atomic mass is 35.5. The third-order valence-corrected chi connectivity index (χ3v) is 9.09. The van der Waals surface area contributed by atoms with E-state index in [0.29, 0.717) is 5.69 Å². The van der Waals surface area contributed by atoms with Crippen LogP contribution in [0.2, 0.25) is 10.0 Å². The van der Waals surface area contributed by atoms with Crippen LogP contribution in [0.25, 0.3) is 0 Å². The van der Waals surface area contributed by atoms with Crippen LogP contribution in [0.15, 0.2) is 60.7 Å². The van der Waals surface area contributed by atoms with Gasteiger partial charge in [0.1, 0.15) is 29.3 Å². The molecule has 7 nitrogen and oxygen atoms in total. The maximum absolute atomic E-state index is 16.0. The van der Waals surface area contributed by atoms with Crippen LogP contribution in [-0.2, 0) is 14.9 Å². The zero-order valence-electron chi connectivity index (χ0n) is 24.5. The topological polar surface area (TPSA) is 93.9 Å². The van der Waals surface area contributed by atoms with Crippen LogP contribution in [-0.4, -0.2) is 53.8 Å². The van der Waals surface area contributed by atoms with E-state index in [2.05, 4.69) is 6.07 Å². The number of hydrogen-bond donors (Lipinski definition) is 1. The van der Waals surface area contributed by atoms with Gasteiger partial charge in [0, 0.05) is 28.2 Å². The zero-order valence-corrected chi connectivity index (χ0v) is 26.0. The molecule has 0 unspecified atom stereocenters. The summed E-state index contributed by atoms with van der Waals surface area (Å²) in [6.45, 7) is 5.30. The van der Waals surface area contributed by atoms with Gasteiger partial charge in [-0.1, -0.05) is 62.2 Å². The molecule has 1 N–H and O–H groups in total. The lowest BCUT2D eigenvalue weighted by Gasteiger charge is -2.42. The summed E-state index contributed by atoms with van der Waals surface area (Å²) in [6.07, 6.45) is -0.726. The first-order chi connectivity index (χ1) is 20.8. The number of aliphatic hydroxyl groups excluding tert-OH is 1. The summed E-state index contributed by atoms with van der Waals surface area (Å²) in [5, 5.41) is 21.9. The number of methoxy groups -OCH3 is 1. The molecule has 44 heavy (non-hydrogen) atoms. The molecule has 2 saturated heterocycles. The molecular weight excluding hydrogens is 611 g/mol. The second-order valence-corrected chi connectivity index (χ2v) is 13.2. The number of rotatable bonds is 6. The van der Waals surface area contributed by atoms with E-state index in [1.165, 1.54) is 54.5 Å². The highest BCUT2D eigenvalue weighted by molar-refractivity contribution is 6.31. The number of anilines is 1. The van der Waals surface area contributed by atoms with Crippen LogP contribution < -0.4 is 4.90 Å². The summed E-state index contributed by atoms with van der Waals surface area (Å²) in [4.78, 5) is 29.8. The number of fused-ring (bicyclic) bond motifs is 1. The third-order valence-electron chi connectivity index (χ3n) is 8.56. The Hall–Kier alpha value is -3.55. The van der Waals surface area contributed by atoms with Crippen LogP contribution in [0.1, 0.15) is 54.6 Å². The summed E-state index contributed by atoms with van der Waals surface area (Å²) in [7, 11) is 1.26. The normalized spacial score (nSPS) is 25.2. The standard InChI is InChI=1S/C33H31Cl2F2N3O4/c1-32(2,3)15-25-33(17-38,22-13-10-19(34)14-24(22)36)27(21-6-5-7-23(35)28(21)37)29-30(42)39(26(16-41)40(25)29)20-11-8-18(9-12-20)31(43)44-4/h5-14,25-27,29,41H,15-16H2,1-4H3/t25-,26+,27-,29+,33-/m0/s1. The first-order valence-electron chi connectivity index (χ1n) is 14.0. The molecule has 0 spiro atoms. The smallest absolute Gasteiger partial charge is 0.337 e. The van der Waals surface area contributed by atoms with Crippen molar-refractivity contribution < 1.29 is 28.2 Å². The van der Waals surface area contributed by atoms with Gasteiger partial charge in [-0.05, 0) is 59.9 Å². The lowest BCUT2D eigenvalue weighted by molar-refractivity contribution is -0.119. The first kappa shape index (κ1) is 31.9. The number of aliphatic hydroxyl groups is 1. The van der Waals surface area contributed by atoms with Crippen LogP contribution >= 0.6 is 23.2 Å². The average Bonchev–Trinajstić information content (AvgIpc) is 3.42. The summed E-state index contributed by atoms with van der Waals surface area (Å²) < 4.78 is 36.8. The Morgan fingerprint density at radius 2 is 1.80 bits per heavy atom. The van der Waals surface area contributed by atoms with Crippen molar-refractivity contribution in [1.82, 2.24) is 4.90 Å². The average molecular weight is 643 g/mol. The van der Waals surface area contributed by atoms with Gasteiger partial charge < -0.3 is 9.84 Å². The van der Waals surface area contributed by atoms with Gasteiger partial charge in [0.2, 0.25) is 5.91 Å². The van der Waals surface area contributed by atoms with Gasteiger partial charge in [0.05, 0.1) is 30.4 Å². The molecule has 0 aliphatic carbocycles. The quantitative estimate of drug-likeness (QED) is 0.311. The molecule has 2 aliphatic rings. The maximum Gasteiger partial charge on any atom is 0.337 e. The summed E-state index contributed by atoms with van der Waals surface area (Å²) in [5.41, 5.74) is -1.68. The fourth-order valence-electron chi connectivity index (χ4n) is 6.89. The number of ether oxygens (including phenoxy) is 1. The molecule has 0 saturated carbocycles. The molecule has 5 atom stereocenters. The van der Waals surface area contributed by atoms with E-state index in [9.17, 15) is 20.0 Å². The Morgan fingerprint density at radius 1 is 1.11 bits per heavy atom. The van der Waals surface area contributed by atoms with Crippen molar-refractivity contribution >= 4 is 40.8 Å². The van der Waals surface area contributed by atoms with E-state index in [-0.39, 0.29) is 33.2 Å². The highest BCUT2D eigenvalue weighted by Crippen LogP contribution is 2.59. The second-order valence-electron chi connectivity index (χ2n) is 12.3. The Balaban J connectivity index is 1.80. The van der Waals surface area contributed by atoms with Crippen molar-refractivity contribution in [3.8, 4) is 6.07 Å². The van der Waals surface area contributed by atoms with E-state index < -0.39 is 65.1 Å². The molecule has 2 aliphatic heterocycles. The number of nitriles is 1. The fourth-order valence-corrected chi connectivity index (χ4v) is 7.23. The van der Waals surface area contributed by atoms with Gasteiger partial charge >= 0.3 is 5.97 Å². The van der Waals surface area contributed by atoms with Crippen molar-refractivity contribution in [2.24, 2.45) is 5.41 Å². The number of carbonyl (C=O) groups excluding carboxylic acids is 2. The first-order valence-corrected chi connectivity index (χ1v) is 14.8. The SMILES string of the molecule is COC(=O)c1ccc(N2C(=O)[C@H]3[C@H](c4cccc(Cl)c4F)[C@@](C#N)(c4ccc(Cl)cc4F)[C@H](CC(C)(C)C)N3[C@@H]2CO)cc1. The summed E-state index contributed by atoms with van der Waals surface area (Å²) in [6, 6.07) is 14.7. The Bertz CT molecular complexity index is 1660. The van der Waals surface area contributed by atoms with Crippen LogP contribution in [0.4, 0.5) is 14.5 Å². The number of esters is 1. The van der Waals surface area contributed by atoms with E-state index in [1.807, 2.05) is 20.8 Å². The van der Waals surface area contributed by atoms with Crippen molar-refractivity contribution in [2.45, 2.75) is 56.8 Å². The molecule has 5 rings (SSSR count). The molecule has 3 aromatic carbocycles. The predicted octanol–water partition coefficient (Wildman–Crippen LogP) is 6.46. The molecule has 0 aromatic heterocycles. The van der Waals surface area contributed by atoms with Gasteiger partial charge in [-0.15, -0.1) is 0 Å². The van der Waals surface area contributed by atoms with Crippen LogP contribution in [0.3, 0.4) is 0 Å². The van der Waals surface area contributed by atoms with Crippen LogP contribution in [0.5, 0.6) is 0 Å². The van der Waals surface area contributed by atoms with E-state index in [4.69, 9.17) is 27.9 Å². The number of halogens is 4. The molecule has 230 valence electrons. The molecular formula is C33H31Cl2F2N3O4. The number of carbonyl (C=O) groups is 2. The Morgan fingerprint density at radius 3 is 2.36 bits per heavy atom. The molecule has 1 amide bonds. The van der Waals surface area contributed by atoms with Crippen molar-refractivity contribution in [3.63, 3.8) is 0 Å². The minimum Gasteiger partial charge on any atom is -0.465 e. The van der Waals surface area contributed by atoms with E-state index in [1.54, 1.807) is 17.0 Å². The maximum atomic E-state index is 16.0. The molecule has 0 radical (unpaired) electrons. The molecule has 0 bridgehead atoms. The predicted molar refractivity (Wildman–Crippen MR) is 162 cm³/mol. The molecule has 3 aromatic rings. The van der Waals surface area contributed by atoms with Gasteiger partial charge in [0.15, 0.2) is 0 Å². The minimum atomic E-state index is -1.80. The monoisotopic (exact) mass is 641 g/mol. The number of amides is 1. The molecule has 11 heteroatoms. The molecule has 2 fully saturated rings. The highest BCUT2D eigenvalue weighted by Gasteiger charge is 2.70. The van der Waals surface area contributed by atoms with Gasteiger partial charge in [-0.3, -0.25) is 14.6 Å². The fraction of sp³-hybridized carbons (Fsp3) is 0.364.